The molecule has 0 amide bonds. The zero-order valence-electron chi connectivity index (χ0n) is 17.7. The number of aromatic nitrogens is 1. The van der Waals surface area contributed by atoms with E-state index in [4.69, 9.17) is 9.47 Å². The summed E-state index contributed by atoms with van der Waals surface area (Å²) in [6.45, 7) is 0. The molecule has 0 unspecified atom stereocenters. The Labute approximate surface area is 189 Å². The molecule has 1 aromatic heterocycles. The van der Waals surface area contributed by atoms with Crippen molar-refractivity contribution in [1.29, 1.82) is 0 Å². The number of rotatable bonds is 2. The first kappa shape index (κ1) is 19.4. The number of esters is 1. The van der Waals surface area contributed by atoms with Gasteiger partial charge in [-0.25, -0.2) is 0 Å². The molecule has 0 aliphatic carbocycles. The number of hydrogen-bond acceptors (Lipinski definition) is 5. The number of phenolic OH excluding ortho intramolecular Hbond substituents is 1. The summed E-state index contributed by atoms with van der Waals surface area (Å²) in [5.74, 6) is 0.129. The number of aromatic hydroxyl groups is 1. The van der Waals surface area contributed by atoms with Crippen LogP contribution in [0.2, 0.25) is 0 Å². The number of nitrogens with zero attached hydrogens (tertiary/aromatic N) is 1. The molecule has 0 radical (unpaired) electrons. The number of fused-ring (bicyclic) bond motifs is 4. The van der Waals surface area contributed by atoms with Crippen molar-refractivity contribution in [2.75, 3.05) is 0 Å². The molecule has 6 nitrogen and oxygen atoms in total. The quantitative estimate of drug-likeness (QED) is 0.273. The van der Waals surface area contributed by atoms with E-state index in [0.717, 1.165) is 22.0 Å². The first-order valence-corrected chi connectivity index (χ1v) is 10.6. The van der Waals surface area contributed by atoms with Crippen LogP contribution in [0.4, 0.5) is 0 Å². The highest BCUT2D eigenvalue weighted by Crippen LogP contribution is 2.49. The van der Waals surface area contributed by atoms with Crippen molar-refractivity contribution in [3.05, 3.63) is 94.9 Å². The fourth-order valence-corrected chi connectivity index (χ4v) is 4.76. The minimum atomic E-state index is -0.395. The van der Waals surface area contributed by atoms with Gasteiger partial charge in [0.05, 0.1) is 12.0 Å². The zero-order valence-corrected chi connectivity index (χ0v) is 17.7. The summed E-state index contributed by atoms with van der Waals surface area (Å²) in [5.41, 5.74) is 3.77. The Balaban J connectivity index is 1.48. The number of allylic oxidation sites excluding steroid dienone is 1. The lowest BCUT2D eigenvalue weighted by molar-refractivity contribution is -0.135. The van der Waals surface area contributed by atoms with Gasteiger partial charge in [0.2, 0.25) is 5.78 Å². The van der Waals surface area contributed by atoms with Gasteiger partial charge in [-0.2, -0.15) is 0 Å². The van der Waals surface area contributed by atoms with Gasteiger partial charge in [-0.3, -0.25) is 9.59 Å². The molecule has 0 bridgehead atoms. The van der Waals surface area contributed by atoms with Crippen molar-refractivity contribution in [3.63, 3.8) is 0 Å². The highest BCUT2D eigenvalue weighted by molar-refractivity contribution is 6.15. The second-order valence-electron chi connectivity index (χ2n) is 8.33. The van der Waals surface area contributed by atoms with E-state index in [1.54, 1.807) is 36.4 Å². The van der Waals surface area contributed by atoms with Gasteiger partial charge in [0.25, 0.3) is 0 Å². The highest BCUT2D eigenvalue weighted by Gasteiger charge is 2.38. The number of phenols is 1. The molecular formula is C27H19NO5. The summed E-state index contributed by atoms with van der Waals surface area (Å²) in [6.07, 6.45) is 3.81. The first-order valence-electron chi connectivity index (χ1n) is 10.6. The fourth-order valence-electron chi connectivity index (χ4n) is 4.76. The zero-order chi connectivity index (χ0) is 22.7. The van der Waals surface area contributed by atoms with E-state index >= 15 is 0 Å². The summed E-state index contributed by atoms with van der Waals surface area (Å²) in [7, 11) is 1.96. The van der Waals surface area contributed by atoms with Gasteiger partial charge >= 0.3 is 5.97 Å². The van der Waals surface area contributed by atoms with Gasteiger partial charge in [0.15, 0.2) is 5.76 Å². The maximum atomic E-state index is 13.2. The number of ether oxygens (including phenoxy) is 2. The molecule has 3 aromatic carbocycles. The van der Waals surface area contributed by atoms with Crippen molar-refractivity contribution in [2.45, 2.75) is 12.3 Å². The predicted molar refractivity (Wildman–Crippen MR) is 122 cm³/mol. The molecule has 0 saturated carbocycles. The number of aryl methyl sites for hydroxylation is 1. The van der Waals surface area contributed by atoms with Crippen LogP contribution in [0.5, 0.6) is 17.2 Å². The number of benzene rings is 3. The highest BCUT2D eigenvalue weighted by atomic mass is 16.5. The summed E-state index contributed by atoms with van der Waals surface area (Å²) >= 11 is 0. The third-order valence-corrected chi connectivity index (χ3v) is 6.27. The van der Waals surface area contributed by atoms with Gasteiger partial charge < -0.3 is 19.1 Å². The van der Waals surface area contributed by atoms with Gasteiger partial charge in [0, 0.05) is 41.2 Å². The average molecular weight is 437 g/mol. The van der Waals surface area contributed by atoms with Crippen molar-refractivity contribution in [1.82, 2.24) is 4.57 Å². The lowest BCUT2D eigenvalue weighted by Crippen LogP contribution is -2.21. The molecular weight excluding hydrogens is 418 g/mol. The molecule has 0 spiro atoms. The Morgan fingerprint density at radius 3 is 2.73 bits per heavy atom. The van der Waals surface area contributed by atoms with E-state index in [9.17, 15) is 14.7 Å². The molecule has 6 rings (SSSR count). The van der Waals surface area contributed by atoms with Crippen molar-refractivity contribution in [3.8, 4) is 17.2 Å². The lowest BCUT2D eigenvalue weighted by atomic mass is 9.84. The molecule has 2 aliphatic heterocycles. The van der Waals surface area contributed by atoms with E-state index in [1.807, 2.05) is 48.1 Å². The number of Topliss-reactive ketones (excluding diaryl/α,β-unsaturated/α-hetero) is 1. The van der Waals surface area contributed by atoms with Crippen LogP contribution >= 0.6 is 0 Å². The van der Waals surface area contributed by atoms with Gasteiger partial charge in [-0.1, -0.05) is 30.3 Å². The first-order chi connectivity index (χ1) is 16.0. The van der Waals surface area contributed by atoms with E-state index in [2.05, 4.69) is 0 Å². The van der Waals surface area contributed by atoms with Crippen LogP contribution in [-0.2, 0) is 11.8 Å². The minimum absolute atomic E-state index is 0.0901. The van der Waals surface area contributed by atoms with E-state index in [-0.39, 0.29) is 29.7 Å². The third kappa shape index (κ3) is 3.03. The topological polar surface area (TPSA) is 77.8 Å². The maximum Gasteiger partial charge on any atom is 0.312 e. The van der Waals surface area contributed by atoms with E-state index in [1.165, 1.54) is 0 Å². The molecule has 33 heavy (non-hydrogen) atoms. The summed E-state index contributed by atoms with van der Waals surface area (Å²) in [6, 6.07) is 18.0. The van der Waals surface area contributed by atoms with Crippen LogP contribution in [0.25, 0.3) is 17.0 Å². The fraction of sp³-hybridized carbons (Fsp3) is 0.111. The van der Waals surface area contributed by atoms with Crippen LogP contribution in [0.15, 0.2) is 72.6 Å². The second-order valence-corrected chi connectivity index (χ2v) is 8.33. The van der Waals surface area contributed by atoms with Crippen LogP contribution in [0.1, 0.15) is 39.4 Å². The largest absolute Gasteiger partial charge is 0.508 e. The molecule has 6 heteroatoms. The SMILES string of the molecule is Cn1cc(/C=C2\Oc3c(ccc4c3[C@@H](c3cccc(O)c3)CC(=O)O4)C2=O)c2ccccc21. The van der Waals surface area contributed by atoms with Gasteiger partial charge in [-0.05, 0) is 42.0 Å². The molecule has 162 valence electrons. The number of hydrogen-bond donors (Lipinski definition) is 1. The third-order valence-electron chi connectivity index (χ3n) is 6.27. The minimum Gasteiger partial charge on any atom is -0.508 e. The monoisotopic (exact) mass is 437 g/mol. The van der Waals surface area contributed by atoms with Gasteiger partial charge in [0.1, 0.15) is 17.2 Å². The molecule has 0 saturated heterocycles. The number of ketones is 1. The molecule has 3 heterocycles. The van der Waals surface area contributed by atoms with Crippen LogP contribution in [0, 0.1) is 0 Å². The standard InChI is InChI=1S/C27H19NO5/c1-28-14-16(18-7-2-3-8-21(18)28)12-23-26(31)19-9-10-22-25(27(19)33-23)20(13-24(30)32-22)15-5-4-6-17(29)11-15/h2-12,14,20,29H,13H2,1H3/b23-12-/t20-/m1/s1. The Morgan fingerprint density at radius 2 is 1.88 bits per heavy atom. The summed E-state index contributed by atoms with van der Waals surface area (Å²) in [4.78, 5) is 25.5. The van der Waals surface area contributed by atoms with E-state index in [0.29, 0.717) is 22.6 Å². The van der Waals surface area contributed by atoms with Crippen LogP contribution in [-0.4, -0.2) is 21.4 Å². The summed E-state index contributed by atoms with van der Waals surface area (Å²) in [5, 5.41) is 11.0. The Morgan fingerprint density at radius 1 is 1.03 bits per heavy atom. The molecule has 1 atom stereocenters. The number of carbonyl (C=O) groups excluding carboxylic acids is 2. The van der Waals surface area contributed by atoms with Crippen molar-refractivity contribution in [2.24, 2.45) is 7.05 Å². The molecule has 2 aliphatic rings. The Hall–Kier alpha value is -4.32. The average Bonchev–Trinajstić information content (AvgIpc) is 3.30. The van der Waals surface area contributed by atoms with Crippen molar-refractivity contribution >= 4 is 28.7 Å². The lowest BCUT2D eigenvalue weighted by Gasteiger charge is -2.26. The van der Waals surface area contributed by atoms with Gasteiger partial charge in [-0.15, -0.1) is 0 Å². The maximum absolute atomic E-state index is 13.2. The normalized spacial score (nSPS) is 18.2. The smallest absolute Gasteiger partial charge is 0.312 e. The van der Waals surface area contributed by atoms with Crippen molar-refractivity contribution < 1.29 is 24.2 Å². The van der Waals surface area contributed by atoms with Crippen LogP contribution in [0.3, 0.4) is 0 Å². The predicted octanol–water partition coefficient (Wildman–Crippen LogP) is 4.94. The Kier molecular flexibility index (Phi) is 4.17. The summed E-state index contributed by atoms with van der Waals surface area (Å²) < 4.78 is 13.6. The molecule has 0 fully saturated rings. The van der Waals surface area contributed by atoms with E-state index < -0.39 is 5.92 Å². The number of para-hydroxylation sites is 1. The van der Waals surface area contributed by atoms with Crippen LogP contribution < -0.4 is 9.47 Å². The molecule has 4 aromatic rings. The molecule has 1 N–H and O–H groups in total. The Bertz CT molecular complexity index is 1510. The number of carbonyl (C=O) groups is 2. The second kappa shape index (κ2) is 7.10.